The van der Waals surface area contributed by atoms with E-state index in [2.05, 4.69) is 0 Å². The highest BCUT2D eigenvalue weighted by Crippen LogP contribution is 2.15. The van der Waals surface area contributed by atoms with E-state index < -0.39 is 5.60 Å². The second kappa shape index (κ2) is 5.35. The molecule has 0 bridgehead atoms. The summed E-state index contributed by atoms with van der Waals surface area (Å²) in [6.45, 7) is 9.02. The molecule has 0 rings (SSSR count). The molecule has 0 aliphatic carbocycles. The van der Waals surface area contributed by atoms with Crippen molar-refractivity contribution in [1.82, 2.24) is 0 Å². The lowest BCUT2D eigenvalue weighted by molar-refractivity contribution is -0.154. The van der Waals surface area contributed by atoms with Crippen LogP contribution in [0.5, 0.6) is 0 Å². The van der Waals surface area contributed by atoms with Gasteiger partial charge in [0.1, 0.15) is 6.10 Å². The monoisotopic (exact) mass is 202 g/mol. The molecule has 0 heterocycles. The molecule has 1 N–H and O–H groups in total. The molecule has 0 amide bonds. The summed E-state index contributed by atoms with van der Waals surface area (Å²) in [5.74, 6) is -0.233. The number of hydrogen-bond donors (Lipinski definition) is 1. The Bertz CT molecular complexity index is 181. The first kappa shape index (κ1) is 13.4. The zero-order valence-electron chi connectivity index (χ0n) is 9.83. The molecule has 0 aliphatic heterocycles. The van der Waals surface area contributed by atoms with Crippen LogP contribution in [-0.4, -0.2) is 22.8 Å². The molecule has 0 spiro atoms. The predicted molar refractivity (Wildman–Crippen MR) is 55.9 cm³/mol. The maximum atomic E-state index is 11.4. The van der Waals surface area contributed by atoms with Crippen molar-refractivity contribution >= 4 is 5.97 Å². The Morgan fingerprint density at radius 3 is 2.29 bits per heavy atom. The van der Waals surface area contributed by atoms with Crippen LogP contribution in [0.3, 0.4) is 0 Å². The fraction of sp³-hybridized carbons (Fsp3) is 0.909. The SMILES string of the molecule is CCC(C)C(=O)OC(C)CC(C)(C)O. The van der Waals surface area contributed by atoms with Crippen LogP contribution in [0.15, 0.2) is 0 Å². The van der Waals surface area contributed by atoms with E-state index in [1.54, 1.807) is 20.8 Å². The van der Waals surface area contributed by atoms with Gasteiger partial charge in [-0.25, -0.2) is 0 Å². The van der Waals surface area contributed by atoms with E-state index in [1.165, 1.54) is 0 Å². The first-order chi connectivity index (χ1) is 6.26. The summed E-state index contributed by atoms with van der Waals surface area (Å²) in [5.41, 5.74) is -0.783. The minimum absolute atomic E-state index is 0.0562. The van der Waals surface area contributed by atoms with Crippen LogP contribution < -0.4 is 0 Å². The van der Waals surface area contributed by atoms with Gasteiger partial charge in [0.2, 0.25) is 0 Å². The van der Waals surface area contributed by atoms with Crippen LogP contribution in [0.4, 0.5) is 0 Å². The van der Waals surface area contributed by atoms with E-state index in [0.717, 1.165) is 6.42 Å². The van der Waals surface area contributed by atoms with Crippen LogP contribution in [-0.2, 0) is 9.53 Å². The van der Waals surface area contributed by atoms with Crippen LogP contribution in [0.1, 0.15) is 47.5 Å². The zero-order valence-corrected chi connectivity index (χ0v) is 9.83. The quantitative estimate of drug-likeness (QED) is 0.695. The zero-order chi connectivity index (χ0) is 11.4. The van der Waals surface area contributed by atoms with Crippen LogP contribution >= 0.6 is 0 Å². The minimum Gasteiger partial charge on any atom is -0.462 e. The van der Waals surface area contributed by atoms with E-state index >= 15 is 0 Å². The third kappa shape index (κ3) is 5.97. The largest absolute Gasteiger partial charge is 0.462 e. The molecular formula is C11H22O3. The van der Waals surface area contributed by atoms with Gasteiger partial charge < -0.3 is 9.84 Å². The number of carbonyl (C=O) groups is 1. The van der Waals surface area contributed by atoms with Crippen LogP contribution in [0, 0.1) is 5.92 Å². The molecular weight excluding hydrogens is 180 g/mol. The topological polar surface area (TPSA) is 46.5 Å². The lowest BCUT2D eigenvalue weighted by Crippen LogP contribution is -2.29. The molecule has 0 radical (unpaired) electrons. The Hall–Kier alpha value is -0.570. The molecule has 3 nitrogen and oxygen atoms in total. The number of aliphatic hydroxyl groups is 1. The van der Waals surface area contributed by atoms with Crippen LogP contribution in [0.25, 0.3) is 0 Å². The third-order valence-electron chi connectivity index (χ3n) is 2.12. The van der Waals surface area contributed by atoms with Gasteiger partial charge in [-0.2, -0.15) is 0 Å². The van der Waals surface area contributed by atoms with E-state index in [-0.39, 0.29) is 18.0 Å². The number of hydrogen-bond acceptors (Lipinski definition) is 3. The average molecular weight is 202 g/mol. The van der Waals surface area contributed by atoms with E-state index in [9.17, 15) is 9.90 Å². The number of esters is 1. The molecule has 2 atom stereocenters. The van der Waals surface area contributed by atoms with Crippen molar-refractivity contribution in [3.63, 3.8) is 0 Å². The number of rotatable bonds is 5. The standard InChI is InChI=1S/C11H22O3/c1-6-8(2)10(12)14-9(3)7-11(4,5)13/h8-9,13H,6-7H2,1-5H3. The maximum Gasteiger partial charge on any atom is 0.308 e. The lowest BCUT2D eigenvalue weighted by atomic mass is 10.0. The molecule has 0 saturated carbocycles. The smallest absolute Gasteiger partial charge is 0.308 e. The molecule has 0 aromatic rings. The van der Waals surface area contributed by atoms with Gasteiger partial charge >= 0.3 is 5.97 Å². The Morgan fingerprint density at radius 1 is 1.43 bits per heavy atom. The summed E-state index contributed by atoms with van der Waals surface area (Å²) in [6.07, 6.45) is 1.03. The number of ether oxygens (including phenoxy) is 1. The van der Waals surface area contributed by atoms with Crippen molar-refractivity contribution in [2.45, 2.75) is 59.2 Å². The fourth-order valence-corrected chi connectivity index (χ4v) is 1.23. The summed E-state index contributed by atoms with van der Waals surface area (Å²) in [5, 5.41) is 9.51. The molecule has 0 aromatic carbocycles. The summed E-state index contributed by atoms with van der Waals surface area (Å²) in [7, 11) is 0. The van der Waals surface area contributed by atoms with Gasteiger partial charge in [0.25, 0.3) is 0 Å². The summed E-state index contributed by atoms with van der Waals surface area (Å²) < 4.78 is 5.18. The fourth-order valence-electron chi connectivity index (χ4n) is 1.23. The van der Waals surface area contributed by atoms with Crippen molar-refractivity contribution < 1.29 is 14.6 Å². The van der Waals surface area contributed by atoms with Gasteiger partial charge in [-0.3, -0.25) is 4.79 Å². The van der Waals surface area contributed by atoms with Crippen molar-refractivity contribution in [2.75, 3.05) is 0 Å². The Labute approximate surface area is 86.5 Å². The number of carbonyl (C=O) groups excluding carboxylic acids is 1. The van der Waals surface area contributed by atoms with E-state index in [1.807, 2.05) is 13.8 Å². The third-order valence-corrected chi connectivity index (χ3v) is 2.12. The molecule has 0 aliphatic rings. The van der Waals surface area contributed by atoms with Crippen molar-refractivity contribution in [2.24, 2.45) is 5.92 Å². The van der Waals surface area contributed by atoms with E-state index in [0.29, 0.717) is 6.42 Å². The molecule has 2 unspecified atom stereocenters. The highest BCUT2D eigenvalue weighted by molar-refractivity contribution is 5.72. The van der Waals surface area contributed by atoms with Crippen molar-refractivity contribution in [3.05, 3.63) is 0 Å². The molecule has 84 valence electrons. The normalized spacial score (nSPS) is 16.1. The molecule has 14 heavy (non-hydrogen) atoms. The molecule has 0 saturated heterocycles. The summed E-state index contributed by atoms with van der Waals surface area (Å²) in [4.78, 5) is 11.4. The molecule has 0 aromatic heterocycles. The highest BCUT2D eigenvalue weighted by Gasteiger charge is 2.21. The second-order valence-electron chi connectivity index (χ2n) is 4.57. The van der Waals surface area contributed by atoms with Gasteiger partial charge in [-0.15, -0.1) is 0 Å². The molecule has 3 heteroatoms. The van der Waals surface area contributed by atoms with Crippen LogP contribution in [0.2, 0.25) is 0 Å². The van der Waals surface area contributed by atoms with Gasteiger partial charge in [-0.05, 0) is 27.2 Å². The van der Waals surface area contributed by atoms with Gasteiger partial charge in [0.15, 0.2) is 0 Å². The Balaban J connectivity index is 3.95. The molecule has 0 fully saturated rings. The summed E-state index contributed by atoms with van der Waals surface area (Å²) in [6, 6.07) is 0. The Morgan fingerprint density at radius 2 is 1.93 bits per heavy atom. The predicted octanol–water partition coefficient (Wildman–Crippen LogP) is 2.13. The van der Waals surface area contributed by atoms with Gasteiger partial charge in [0.05, 0.1) is 11.5 Å². The van der Waals surface area contributed by atoms with Gasteiger partial charge in [-0.1, -0.05) is 13.8 Å². The minimum atomic E-state index is -0.783. The maximum absolute atomic E-state index is 11.4. The summed E-state index contributed by atoms with van der Waals surface area (Å²) >= 11 is 0. The van der Waals surface area contributed by atoms with Crippen molar-refractivity contribution in [3.8, 4) is 0 Å². The highest BCUT2D eigenvalue weighted by atomic mass is 16.5. The van der Waals surface area contributed by atoms with Gasteiger partial charge in [0, 0.05) is 6.42 Å². The Kier molecular flexibility index (Phi) is 5.13. The van der Waals surface area contributed by atoms with Crippen molar-refractivity contribution in [1.29, 1.82) is 0 Å². The first-order valence-corrected chi connectivity index (χ1v) is 5.19. The lowest BCUT2D eigenvalue weighted by Gasteiger charge is -2.23. The average Bonchev–Trinajstić information content (AvgIpc) is 1.99. The van der Waals surface area contributed by atoms with E-state index in [4.69, 9.17) is 4.74 Å². The first-order valence-electron chi connectivity index (χ1n) is 5.19. The second-order valence-corrected chi connectivity index (χ2v) is 4.57.